The fraction of sp³-hybridized carbons (Fsp3) is 0.231. The maximum atomic E-state index is 14.3. The molecule has 0 aromatic heterocycles. The van der Waals surface area contributed by atoms with E-state index in [1.807, 2.05) is 0 Å². The SMILES string of the molecule is Cc1cc(NC(=O)[C@H]2[C@H](c3ccc(F)c(C(F)(F)F)c3)C2(Cl)Cl)cc(C(=O)Cc2c(F)ccc(N)c2F)c1Cl. The average molecular weight is 610 g/mol. The van der Waals surface area contributed by atoms with Crippen LogP contribution in [-0.2, 0) is 17.4 Å². The van der Waals surface area contributed by atoms with Gasteiger partial charge in [0, 0.05) is 29.2 Å². The lowest BCUT2D eigenvalue weighted by atomic mass is 9.99. The second-order valence-electron chi connectivity index (χ2n) is 9.04. The van der Waals surface area contributed by atoms with Gasteiger partial charge in [0.25, 0.3) is 0 Å². The van der Waals surface area contributed by atoms with Crippen molar-refractivity contribution in [2.45, 2.75) is 29.8 Å². The third-order valence-corrected chi connectivity index (χ3v) is 7.81. The van der Waals surface area contributed by atoms with Crippen LogP contribution in [0.25, 0.3) is 0 Å². The zero-order chi connectivity index (χ0) is 29.0. The number of carbonyl (C=O) groups is 2. The average Bonchev–Trinajstić information content (AvgIpc) is 3.42. The summed E-state index contributed by atoms with van der Waals surface area (Å²) in [6.07, 6.45) is -5.70. The number of alkyl halides is 5. The van der Waals surface area contributed by atoms with Gasteiger partial charge in [-0.05, 0) is 54.4 Å². The molecule has 206 valence electrons. The van der Waals surface area contributed by atoms with Gasteiger partial charge < -0.3 is 11.1 Å². The third kappa shape index (κ3) is 5.55. The van der Waals surface area contributed by atoms with E-state index in [4.69, 9.17) is 40.5 Å². The Kier molecular flexibility index (Phi) is 7.61. The highest BCUT2D eigenvalue weighted by Crippen LogP contribution is 2.65. The van der Waals surface area contributed by atoms with Gasteiger partial charge in [-0.25, -0.2) is 13.2 Å². The summed E-state index contributed by atoms with van der Waals surface area (Å²) >= 11 is 18.7. The molecule has 4 rings (SSSR count). The van der Waals surface area contributed by atoms with Gasteiger partial charge in [0.2, 0.25) is 5.91 Å². The van der Waals surface area contributed by atoms with Crippen molar-refractivity contribution in [1.82, 2.24) is 0 Å². The number of nitrogen functional groups attached to an aromatic ring is 1. The first-order valence-corrected chi connectivity index (χ1v) is 12.3. The van der Waals surface area contributed by atoms with Gasteiger partial charge in [0.15, 0.2) is 11.6 Å². The number of ketones is 1. The number of Topliss-reactive ketones (excluding diaryl/α,β-unsaturated/α-hetero) is 1. The summed E-state index contributed by atoms with van der Waals surface area (Å²) in [5, 5.41) is 2.47. The molecule has 39 heavy (non-hydrogen) atoms. The molecule has 1 fully saturated rings. The van der Waals surface area contributed by atoms with Crippen LogP contribution < -0.4 is 11.1 Å². The largest absolute Gasteiger partial charge is 0.419 e. The van der Waals surface area contributed by atoms with Crippen LogP contribution in [0, 0.1) is 30.3 Å². The molecule has 1 aliphatic carbocycles. The molecular weight excluding hydrogens is 593 g/mol. The topological polar surface area (TPSA) is 72.2 Å². The van der Waals surface area contributed by atoms with E-state index in [1.165, 1.54) is 19.1 Å². The highest BCUT2D eigenvalue weighted by Gasteiger charge is 2.67. The molecule has 3 aromatic rings. The Labute approximate surface area is 233 Å². The van der Waals surface area contributed by atoms with Crippen LogP contribution in [0.2, 0.25) is 5.02 Å². The van der Waals surface area contributed by atoms with Crippen LogP contribution in [0.4, 0.5) is 37.7 Å². The first-order chi connectivity index (χ1) is 18.0. The Morgan fingerprint density at radius 2 is 1.67 bits per heavy atom. The number of hydrogen-bond acceptors (Lipinski definition) is 3. The number of benzene rings is 3. The molecule has 0 spiro atoms. The maximum Gasteiger partial charge on any atom is 0.419 e. The first kappa shape index (κ1) is 29.0. The van der Waals surface area contributed by atoms with Crippen LogP contribution in [0.3, 0.4) is 0 Å². The van der Waals surface area contributed by atoms with Gasteiger partial charge in [-0.2, -0.15) is 13.2 Å². The van der Waals surface area contributed by atoms with Crippen LogP contribution in [0.5, 0.6) is 0 Å². The molecule has 1 saturated carbocycles. The molecular formula is C26H17Cl3F6N2O2. The van der Waals surface area contributed by atoms with Gasteiger partial charge >= 0.3 is 6.18 Å². The number of nitrogens with one attached hydrogen (secondary N) is 1. The number of halogens is 9. The standard InChI is InChI=1S/C26H17Cl3F6N2O2/c1-10-6-12(8-14(22(10)27)19(38)9-13-16(30)4-5-18(36)23(13)32)37-24(39)21-20(25(21,28)29)11-2-3-17(31)15(7-11)26(33,34)35/h2-8,20-21H,9,36H2,1H3,(H,37,39)/t20-,21+/m0/s1. The quantitative estimate of drug-likeness (QED) is 0.131. The van der Waals surface area contributed by atoms with Crippen molar-refractivity contribution in [3.8, 4) is 0 Å². The number of aryl methyl sites for hydroxylation is 1. The number of hydrogen-bond donors (Lipinski definition) is 2. The zero-order valence-corrected chi connectivity index (χ0v) is 22.0. The summed E-state index contributed by atoms with van der Waals surface area (Å²) in [5.41, 5.74) is 3.15. The normalized spacial score (nSPS) is 18.1. The Balaban J connectivity index is 1.58. The number of amides is 1. The van der Waals surface area contributed by atoms with Crippen molar-refractivity contribution in [2.24, 2.45) is 5.92 Å². The van der Waals surface area contributed by atoms with E-state index in [0.29, 0.717) is 17.7 Å². The van der Waals surface area contributed by atoms with Crippen molar-refractivity contribution < 1.29 is 35.9 Å². The minimum absolute atomic E-state index is 0.0259. The fourth-order valence-corrected chi connectivity index (χ4v) is 5.36. The molecule has 13 heteroatoms. The highest BCUT2D eigenvalue weighted by molar-refractivity contribution is 6.53. The van der Waals surface area contributed by atoms with Crippen molar-refractivity contribution in [2.75, 3.05) is 11.1 Å². The summed E-state index contributed by atoms with van der Waals surface area (Å²) in [7, 11) is 0. The predicted molar refractivity (Wildman–Crippen MR) is 136 cm³/mol. The summed E-state index contributed by atoms with van der Waals surface area (Å²) in [4.78, 5) is 25.9. The van der Waals surface area contributed by atoms with E-state index in [1.54, 1.807) is 0 Å². The number of rotatable bonds is 6. The molecule has 0 saturated heterocycles. The monoisotopic (exact) mass is 608 g/mol. The Bertz CT molecular complexity index is 1510. The Hall–Kier alpha value is -2.95. The Morgan fingerprint density at radius 3 is 2.31 bits per heavy atom. The lowest BCUT2D eigenvalue weighted by Gasteiger charge is -2.13. The first-order valence-electron chi connectivity index (χ1n) is 11.1. The summed E-state index contributed by atoms with van der Waals surface area (Å²) in [6, 6.07) is 6.73. The van der Waals surface area contributed by atoms with Crippen molar-refractivity contribution in [3.05, 3.63) is 92.8 Å². The Morgan fingerprint density at radius 1 is 1.03 bits per heavy atom. The zero-order valence-electron chi connectivity index (χ0n) is 19.7. The highest BCUT2D eigenvalue weighted by atomic mass is 35.5. The van der Waals surface area contributed by atoms with E-state index in [2.05, 4.69) is 5.32 Å². The minimum Gasteiger partial charge on any atom is -0.396 e. The lowest BCUT2D eigenvalue weighted by Crippen LogP contribution is -2.18. The van der Waals surface area contributed by atoms with Crippen LogP contribution in [-0.4, -0.2) is 16.0 Å². The molecule has 1 aliphatic rings. The van der Waals surface area contributed by atoms with Gasteiger partial charge in [0.1, 0.15) is 16.0 Å². The van der Waals surface area contributed by atoms with Gasteiger partial charge in [-0.1, -0.05) is 17.7 Å². The number of carbonyl (C=O) groups excluding carboxylic acids is 2. The summed E-state index contributed by atoms with van der Waals surface area (Å²) < 4.78 is 79.8. The van der Waals surface area contributed by atoms with E-state index in [0.717, 1.165) is 18.2 Å². The molecule has 0 heterocycles. The van der Waals surface area contributed by atoms with E-state index in [-0.39, 0.29) is 27.5 Å². The summed E-state index contributed by atoms with van der Waals surface area (Å²) in [5.74, 6) is -7.45. The number of nitrogens with two attached hydrogens (primary N) is 1. The van der Waals surface area contributed by atoms with Crippen molar-refractivity contribution >= 4 is 57.9 Å². The lowest BCUT2D eigenvalue weighted by molar-refractivity contribution is -0.140. The molecule has 3 N–H and O–H groups in total. The van der Waals surface area contributed by atoms with E-state index < -0.39 is 69.0 Å². The van der Waals surface area contributed by atoms with Crippen LogP contribution >= 0.6 is 34.8 Å². The third-order valence-electron chi connectivity index (χ3n) is 6.37. The van der Waals surface area contributed by atoms with E-state index >= 15 is 0 Å². The van der Waals surface area contributed by atoms with Crippen molar-refractivity contribution in [1.29, 1.82) is 0 Å². The van der Waals surface area contributed by atoms with E-state index in [9.17, 15) is 35.9 Å². The van der Waals surface area contributed by atoms with Crippen LogP contribution in [0.15, 0.2) is 42.5 Å². The molecule has 0 unspecified atom stereocenters. The molecule has 4 nitrogen and oxygen atoms in total. The fourth-order valence-electron chi connectivity index (χ4n) is 4.32. The van der Waals surface area contributed by atoms with Gasteiger partial charge in [0.05, 0.1) is 22.2 Å². The minimum atomic E-state index is -4.98. The predicted octanol–water partition coefficient (Wildman–Crippen LogP) is 7.62. The molecule has 0 bridgehead atoms. The second-order valence-corrected chi connectivity index (χ2v) is 10.9. The maximum absolute atomic E-state index is 14.3. The molecule has 0 radical (unpaired) electrons. The van der Waals surface area contributed by atoms with Gasteiger partial charge in [-0.3, -0.25) is 9.59 Å². The second kappa shape index (κ2) is 10.2. The number of anilines is 2. The van der Waals surface area contributed by atoms with Crippen LogP contribution in [0.1, 0.15) is 38.5 Å². The van der Waals surface area contributed by atoms with Gasteiger partial charge in [-0.15, -0.1) is 23.2 Å². The molecule has 3 aromatic carbocycles. The smallest absolute Gasteiger partial charge is 0.396 e. The van der Waals surface area contributed by atoms with Crippen molar-refractivity contribution in [3.63, 3.8) is 0 Å². The molecule has 2 atom stereocenters. The summed E-state index contributed by atoms with van der Waals surface area (Å²) in [6.45, 7) is 1.51. The molecule has 0 aliphatic heterocycles. The molecule has 1 amide bonds.